The van der Waals surface area contributed by atoms with Gasteiger partial charge >= 0.3 is 0 Å². The van der Waals surface area contributed by atoms with Gasteiger partial charge in [-0.25, -0.2) is 8.42 Å². The Morgan fingerprint density at radius 1 is 1.10 bits per heavy atom. The van der Waals surface area contributed by atoms with E-state index < -0.39 is 10.0 Å². The van der Waals surface area contributed by atoms with Crippen LogP contribution in [0.15, 0.2) is 47.4 Å². The molecule has 2 aromatic rings. The Kier molecular flexibility index (Phi) is 6.44. The molecular formula is C21H26N2O5S. The van der Waals surface area contributed by atoms with Crippen LogP contribution in [0.25, 0.3) is 0 Å². The lowest BCUT2D eigenvalue weighted by Gasteiger charge is -2.27. The Balaban J connectivity index is 1.67. The Morgan fingerprint density at radius 2 is 1.76 bits per heavy atom. The van der Waals surface area contributed by atoms with Crippen LogP contribution in [0.2, 0.25) is 0 Å². The number of fused-ring (bicyclic) bond motifs is 1. The minimum absolute atomic E-state index is 0.115. The van der Waals surface area contributed by atoms with Gasteiger partial charge in [0.25, 0.3) is 0 Å². The van der Waals surface area contributed by atoms with Crippen LogP contribution in [0.1, 0.15) is 30.0 Å². The lowest BCUT2D eigenvalue weighted by atomic mass is 9.87. The molecule has 0 aromatic heterocycles. The first-order chi connectivity index (χ1) is 13.8. The Labute approximate surface area is 171 Å². The molecule has 1 atom stereocenters. The van der Waals surface area contributed by atoms with Gasteiger partial charge in [-0.05, 0) is 66.8 Å². The Bertz CT molecular complexity index is 973. The van der Waals surface area contributed by atoms with Gasteiger partial charge in [-0.3, -0.25) is 4.79 Å². The summed E-state index contributed by atoms with van der Waals surface area (Å²) in [5.74, 6) is 1.02. The highest BCUT2D eigenvalue weighted by Crippen LogP contribution is 2.32. The number of nitrogens with one attached hydrogen (secondary N) is 1. The number of hydrogen-bond acceptors (Lipinski definition) is 5. The van der Waals surface area contributed by atoms with Crippen LogP contribution >= 0.6 is 0 Å². The number of hydrogen-bond donors (Lipinski definition) is 1. The van der Waals surface area contributed by atoms with E-state index in [1.807, 2.05) is 18.2 Å². The molecule has 0 bridgehead atoms. The van der Waals surface area contributed by atoms with Gasteiger partial charge in [0.1, 0.15) is 11.5 Å². The van der Waals surface area contributed by atoms with Gasteiger partial charge in [-0.1, -0.05) is 6.07 Å². The summed E-state index contributed by atoms with van der Waals surface area (Å²) < 4.78 is 36.8. The Morgan fingerprint density at radius 3 is 2.41 bits per heavy atom. The molecular weight excluding hydrogens is 392 g/mol. The second kappa shape index (κ2) is 8.84. The van der Waals surface area contributed by atoms with Crippen molar-refractivity contribution >= 4 is 15.9 Å². The molecule has 0 heterocycles. The van der Waals surface area contributed by atoms with E-state index in [1.165, 1.54) is 26.3 Å². The molecule has 0 saturated carbocycles. The summed E-state index contributed by atoms with van der Waals surface area (Å²) in [7, 11) is 0.774. The fourth-order valence-corrected chi connectivity index (χ4v) is 4.65. The smallest absolute Gasteiger partial charge is 0.243 e. The maximum absolute atomic E-state index is 12.7. The van der Waals surface area contributed by atoms with E-state index in [2.05, 4.69) is 5.32 Å². The van der Waals surface area contributed by atoms with Crippen LogP contribution in [0.4, 0.5) is 0 Å². The number of carbonyl (C=O) groups excluding carboxylic acids is 1. The highest BCUT2D eigenvalue weighted by atomic mass is 32.2. The number of aryl methyl sites for hydroxylation is 1. The standard InChI is InChI=1S/C21H26N2O5S/c1-23(29(25,26)18-10-7-16(27-2)8-11-18)14-21(24)22-20-6-4-5-15-13-17(28-3)9-12-19(15)20/h7-13,20H,4-6,14H2,1-3H3,(H,22,24)/t20-/m0/s1. The minimum Gasteiger partial charge on any atom is -0.497 e. The molecule has 3 rings (SSSR count). The number of ether oxygens (including phenoxy) is 2. The van der Waals surface area contributed by atoms with E-state index in [0.717, 1.165) is 40.4 Å². The van der Waals surface area contributed by atoms with Gasteiger partial charge in [0, 0.05) is 7.05 Å². The molecule has 1 aliphatic carbocycles. The van der Waals surface area contributed by atoms with Crippen molar-refractivity contribution in [3.8, 4) is 11.5 Å². The van der Waals surface area contributed by atoms with Crippen molar-refractivity contribution in [2.24, 2.45) is 0 Å². The maximum Gasteiger partial charge on any atom is 0.243 e. The molecule has 8 heteroatoms. The molecule has 7 nitrogen and oxygen atoms in total. The first-order valence-corrected chi connectivity index (χ1v) is 10.9. The van der Waals surface area contributed by atoms with Gasteiger partial charge in [-0.15, -0.1) is 0 Å². The molecule has 1 N–H and O–H groups in total. The predicted octanol–water partition coefficient (Wildman–Crippen LogP) is 2.52. The number of sulfonamides is 1. The molecule has 2 aromatic carbocycles. The number of nitrogens with zero attached hydrogens (tertiary/aromatic N) is 1. The maximum atomic E-state index is 12.7. The summed E-state index contributed by atoms with van der Waals surface area (Å²) >= 11 is 0. The van der Waals surface area contributed by atoms with Gasteiger partial charge < -0.3 is 14.8 Å². The van der Waals surface area contributed by atoms with E-state index in [1.54, 1.807) is 19.2 Å². The van der Waals surface area contributed by atoms with Crippen molar-refractivity contribution in [2.45, 2.75) is 30.2 Å². The van der Waals surface area contributed by atoms with Crippen molar-refractivity contribution in [1.29, 1.82) is 0 Å². The first-order valence-electron chi connectivity index (χ1n) is 9.41. The zero-order valence-electron chi connectivity index (χ0n) is 16.8. The number of methoxy groups -OCH3 is 2. The van der Waals surface area contributed by atoms with Crippen molar-refractivity contribution in [1.82, 2.24) is 9.62 Å². The number of amides is 1. The van der Waals surface area contributed by atoms with E-state index in [4.69, 9.17) is 9.47 Å². The minimum atomic E-state index is -3.77. The normalized spacial score (nSPS) is 16.2. The summed E-state index contributed by atoms with van der Waals surface area (Å²) in [6.07, 6.45) is 2.70. The van der Waals surface area contributed by atoms with Crippen molar-refractivity contribution < 1.29 is 22.7 Å². The summed E-state index contributed by atoms with van der Waals surface area (Å²) in [5, 5.41) is 2.98. The largest absolute Gasteiger partial charge is 0.497 e. The molecule has 1 aliphatic rings. The average molecular weight is 419 g/mol. The third-order valence-electron chi connectivity index (χ3n) is 5.13. The van der Waals surface area contributed by atoms with Crippen molar-refractivity contribution in [3.05, 3.63) is 53.6 Å². The quantitative estimate of drug-likeness (QED) is 0.747. The summed E-state index contributed by atoms with van der Waals surface area (Å²) in [5.41, 5.74) is 2.21. The molecule has 0 fully saturated rings. The average Bonchev–Trinajstić information content (AvgIpc) is 2.73. The highest BCUT2D eigenvalue weighted by molar-refractivity contribution is 7.89. The molecule has 0 unspecified atom stereocenters. The molecule has 0 spiro atoms. The molecule has 0 saturated heterocycles. The van der Waals surface area contributed by atoms with Gasteiger partial charge in [-0.2, -0.15) is 4.31 Å². The lowest BCUT2D eigenvalue weighted by molar-refractivity contribution is -0.122. The number of benzene rings is 2. The zero-order valence-corrected chi connectivity index (χ0v) is 17.7. The number of likely N-dealkylation sites (N-methyl/N-ethyl adjacent to an activating group) is 1. The van der Waals surface area contributed by atoms with Gasteiger partial charge in [0.15, 0.2) is 0 Å². The molecule has 29 heavy (non-hydrogen) atoms. The molecule has 1 amide bonds. The molecule has 0 radical (unpaired) electrons. The summed E-state index contributed by atoms with van der Waals surface area (Å²) in [6.45, 7) is -0.254. The second-order valence-electron chi connectivity index (χ2n) is 7.01. The summed E-state index contributed by atoms with van der Waals surface area (Å²) in [6, 6.07) is 11.8. The van der Waals surface area contributed by atoms with E-state index in [9.17, 15) is 13.2 Å². The van der Waals surface area contributed by atoms with Crippen LogP contribution in [0.5, 0.6) is 11.5 Å². The van der Waals surface area contributed by atoms with E-state index in [-0.39, 0.29) is 23.4 Å². The fourth-order valence-electron chi connectivity index (χ4n) is 3.52. The van der Waals surface area contributed by atoms with Crippen LogP contribution in [-0.4, -0.2) is 46.4 Å². The topological polar surface area (TPSA) is 84.9 Å². The van der Waals surface area contributed by atoms with Crippen LogP contribution in [-0.2, 0) is 21.2 Å². The van der Waals surface area contributed by atoms with E-state index >= 15 is 0 Å². The second-order valence-corrected chi connectivity index (χ2v) is 9.06. The van der Waals surface area contributed by atoms with Crippen molar-refractivity contribution in [2.75, 3.05) is 27.8 Å². The van der Waals surface area contributed by atoms with Gasteiger partial charge in [0.05, 0.1) is 31.7 Å². The van der Waals surface area contributed by atoms with Crippen LogP contribution in [0.3, 0.4) is 0 Å². The highest BCUT2D eigenvalue weighted by Gasteiger charge is 2.26. The monoisotopic (exact) mass is 418 g/mol. The lowest BCUT2D eigenvalue weighted by Crippen LogP contribution is -2.40. The van der Waals surface area contributed by atoms with Gasteiger partial charge in [0.2, 0.25) is 15.9 Å². The first kappa shape index (κ1) is 21.1. The molecule has 156 valence electrons. The van der Waals surface area contributed by atoms with Crippen molar-refractivity contribution in [3.63, 3.8) is 0 Å². The zero-order chi connectivity index (χ0) is 21.0. The summed E-state index contributed by atoms with van der Waals surface area (Å²) in [4.78, 5) is 12.7. The Hall–Kier alpha value is -2.58. The molecule has 0 aliphatic heterocycles. The third-order valence-corrected chi connectivity index (χ3v) is 6.95. The van der Waals surface area contributed by atoms with E-state index in [0.29, 0.717) is 5.75 Å². The third kappa shape index (κ3) is 4.71. The van der Waals surface area contributed by atoms with Crippen LogP contribution in [0, 0.1) is 0 Å². The fraction of sp³-hybridized carbons (Fsp3) is 0.381. The number of rotatable bonds is 7. The van der Waals surface area contributed by atoms with Crippen LogP contribution < -0.4 is 14.8 Å². The SMILES string of the molecule is COc1ccc(S(=O)(=O)N(C)CC(=O)N[C@H]2CCCc3cc(OC)ccc32)cc1. The predicted molar refractivity (Wildman–Crippen MR) is 110 cm³/mol. The number of carbonyl (C=O) groups is 1.